The predicted octanol–water partition coefficient (Wildman–Crippen LogP) is 4.89. The molecule has 3 rings (SSSR count). The smallest absolute Gasteiger partial charge is 0.344 e. The van der Waals surface area contributed by atoms with E-state index in [2.05, 4.69) is 32.9 Å². The van der Waals surface area contributed by atoms with Crippen molar-refractivity contribution in [1.82, 2.24) is 9.66 Å². The van der Waals surface area contributed by atoms with E-state index in [-0.39, 0.29) is 16.3 Å². The molecule has 3 aromatic rings. The Bertz CT molecular complexity index is 1210. The lowest BCUT2D eigenvalue weighted by Gasteiger charge is -2.12. The maximum absolute atomic E-state index is 13.1. The monoisotopic (exact) mass is 505 g/mol. The van der Waals surface area contributed by atoms with Gasteiger partial charge in [0.1, 0.15) is 11.6 Å². The van der Waals surface area contributed by atoms with Crippen LogP contribution in [0.25, 0.3) is 10.9 Å². The predicted molar refractivity (Wildman–Crippen MR) is 124 cm³/mol. The minimum atomic E-state index is -1.09. The Morgan fingerprint density at radius 2 is 2.13 bits per heavy atom. The highest BCUT2D eigenvalue weighted by molar-refractivity contribution is 9.10. The summed E-state index contributed by atoms with van der Waals surface area (Å²) in [7, 11) is 0. The van der Waals surface area contributed by atoms with Crippen molar-refractivity contribution in [2.24, 2.45) is 5.10 Å². The van der Waals surface area contributed by atoms with Crippen molar-refractivity contribution in [3.05, 3.63) is 67.6 Å². The van der Waals surface area contributed by atoms with Gasteiger partial charge in [-0.25, -0.2) is 9.78 Å². The molecular weight excluding hydrogens is 486 g/mol. The zero-order chi connectivity index (χ0) is 22.5. The number of fused-ring (bicyclic) bond motifs is 1. The molecule has 0 aliphatic heterocycles. The van der Waals surface area contributed by atoms with Crippen LogP contribution in [0.1, 0.15) is 38.1 Å². The number of aromatic nitrogens is 2. The summed E-state index contributed by atoms with van der Waals surface area (Å²) in [6.45, 7) is 3.49. The molecule has 0 aliphatic carbocycles. The number of hydrogen-bond donors (Lipinski definition) is 1. The molecule has 0 saturated carbocycles. The minimum Gasteiger partial charge on any atom is -0.479 e. The molecule has 7 nitrogen and oxygen atoms in total. The number of nitrogens with zero attached hydrogens (tertiary/aromatic N) is 3. The summed E-state index contributed by atoms with van der Waals surface area (Å²) < 4.78 is 7.42. The Kier molecular flexibility index (Phi) is 7.46. The van der Waals surface area contributed by atoms with Crippen LogP contribution in [0.3, 0.4) is 0 Å². The van der Waals surface area contributed by atoms with E-state index in [4.69, 9.17) is 21.4 Å². The molecule has 0 unspecified atom stereocenters. The van der Waals surface area contributed by atoms with Gasteiger partial charge in [-0.05, 0) is 55.3 Å². The summed E-state index contributed by atoms with van der Waals surface area (Å²) in [6.07, 6.45) is 2.95. The minimum absolute atomic E-state index is 0.246. The van der Waals surface area contributed by atoms with Gasteiger partial charge in [0.05, 0.1) is 22.1 Å². The molecule has 2 aromatic carbocycles. The number of carboxylic acid groups (broad SMARTS) is 1. The highest BCUT2D eigenvalue weighted by atomic mass is 79.9. The average Bonchev–Trinajstić information content (AvgIpc) is 2.73. The molecule has 0 fully saturated rings. The third kappa shape index (κ3) is 5.51. The van der Waals surface area contributed by atoms with E-state index < -0.39 is 12.1 Å². The first-order valence-corrected chi connectivity index (χ1v) is 10.9. The van der Waals surface area contributed by atoms with Crippen LogP contribution in [-0.4, -0.2) is 33.1 Å². The Labute approximate surface area is 192 Å². The summed E-state index contributed by atoms with van der Waals surface area (Å²) >= 11 is 9.61. The van der Waals surface area contributed by atoms with Crippen LogP contribution in [0.2, 0.25) is 5.02 Å². The van der Waals surface area contributed by atoms with Crippen molar-refractivity contribution >= 4 is 50.6 Å². The van der Waals surface area contributed by atoms with Crippen molar-refractivity contribution < 1.29 is 14.6 Å². The van der Waals surface area contributed by atoms with Gasteiger partial charge in [0.2, 0.25) is 0 Å². The lowest BCUT2D eigenvalue weighted by molar-refractivity contribution is -0.144. The molecule has 162 valence electrons. The van der Waals surface area contributed by atoms with Crippen LogP contribution in [0.15, 0.2) is 50.8 Å². The van der Waals surface area contributed by atoms with Gasteiger partial charge in [0.25, 0.3) is 5.56 Å². The highest BCUT2D eigenvalue weighted by Gasteiger charge is 2.15. The number of carboxylic acids is 1. The molecule has 0 spiro atoms. The molecule has 9 heteroatoms. The van der Waals surface area contributed by atoms with Gasteiger partial charge in [-0.15, -0.1) is 0 Å². The Hall–Kier alpha value is -2.71. The summed E-state index contributed by atoms with van der Waals surface area (Å²) in [5.74, 6) is -0.248. The maximum atomic E-state index is 13.1. The Morgan fingerprint density at radius 3 is 2.81 bits per heavy atom. The van der Waals surface area contributed by atoms with Crippen molar-refractivity contribution in [3.8, 4) is 5.75 Å². The fourth-order valence-electron chi connectivity index (χ4n) is 2.87. The number of halogens is 2. The van der Waals surface area contributed by atoms with E-state index in [9.17, 15) is 9.59 Å². The van der Waals surface area contributed by atoms with Crippen molar-refractivity contribution in [1.29, 1.82) is 0 Å². The summed E-state index contributed by atoms with van der Waals surface area (Å²) in [4.78, 5) is 28.7. The van der Waals surface area contributed by atoms with E-state index in [1.54, 1.807) is 30.3 Å². The van der Waals surface area contributed by atoms with E-state index in [1.807, 2.05) is 6.07 Å². The molecular formula is C22H21BrClN3O4. The van der Waals surface area contributed by atoms with Crippen molar-refractivity contribution in [2.75, 3.05) is 0 Å². The fraction of sp³-hybridized carbons (Fsp3) is 0.273. The third-order valence-electron chi connectivity index (χ3n) is 4.56. The number of aryl methyl sites for hydroxylation is 1. The van der Waals surface area contributed by atoms with Crippen LogP contribution >= 0.6 is 27.5 Å². The van der Waals surface area contributed by atoms with Gasteiger partial charge >= 0.3 is 5.97 Å². The van der Waals surface area contributed by atoms with Gasteiger partial charge in [0.15, 0.2) is 6.10 Å². The first kappa shape index (κ1) is 23.0. The van der Waals surface area contributed by atoms with E-state index in [0.717, 1.165) is 17.3 Å². The molecule has 0 radical (unpaired) electrons. The van der Waals surface area contributed by atoms with Crippen LogP contribution in [0.5, 0.6) is 5.75 Å². The molecule has 0 aliphatic rings. The lowest BCUT2D eigenvalue weighted by Crippen LogP contribution is -2.23. The zero-order valence-corrected chi connectivity index (χ0v) is 19.4. The number of ether oxygens (including phenoxy) is 1. The highest BCUT2D eigenvalue weighted by Crippen LogP contribution is 2.26. The number of rotatable bonds is 8. The summed E-state index contributed by atoms with van der Waals surface area (Å²) in [5, 5.41) is 14.1. The molecule has 1 aromatic heterocycles. The fourth-order valence-corrected chi connectivity index (χ4v) is 3.46. The SMILES string of the molecule is CCCCc1nc2ccc(Br)cc2c(=O)n1N=Cc1ccc(O[C@@H](C)C(=O)O)c(Cl)c1. The van der Waals surface area contributed by atoms with Crippen LogP contribution in [0, 0.1) is 0 Å². The molecule has 0 bridgehead atoms. The standard InChI is InChI=1S/C22H21BrClN3O4/c1-3-4-5-20-26-18-8-7-15(23)11-16(18)21(28)27(20)25-12-14-6-9-19(17(24)10-14)31-13(2)22(29)30/h6-13H,3-5H2,1-2H3,(H,29,30)/t13-/m0/s1. The van der Waals surface area contributed by atoms with Gasteiger partial charge in [0, 0.05) is 10.9 Å². The van der Waals surface area contributed by atoms with E-state index in [0.29, 0.717) is 28.7 Å². The van der Waals surface area contributed by atoms with Crippen molar-refractivity contribution in [3.63, 3.8) is 0 Å². The van der Waals surface area contributed by atoms with Crippen LogP contribution in [-0.2, 0) is 11.2 Å². The second-order valence-electron chi connectivity index (χ2n) is 6.94. The number of unbranched alkanes of at least 4 members (excludes halogenated alkanes) is 1. The van der Waals surface area contributed by atoms with Gasteiger partial charge in [-0.2, -0.15) is 9.78 Å². The third-order valence-corrected chi connectivity index (χ3v) is 5.35. The number of aliphatic carboxylic acids is 1. The van der Waals surface area contributed by atoms with E-state index in [1.165, 1.54) is 17.8 Å². The number of benzene rings is 2. The van der Waals surface area contributed by atoms with Crippen LogP contribution in [0.4, 0.5) is 0 Å². The van der Waals surface area contributed by atoms with E-state index >= 15 is 0 Å². The second-order valence-corrected chi connectivity index (χ2v) is 8.27. The molecule has 1 N–H and O–H groups in total. The lowest BCUT2D eigenvalue weighted by atomic mass is 10.2. The molecule has 0 amide bonds. The molecule has 0 saturated heterocycles. The average molecular weight is 507 g/mol. The maximum Gasteiger partial charge on any atom is 0.344 e. The quantitative estimate of drug-likeness (QED) is 0.439. The zero-order valence-electron chi connectivity index (χ0n) is 17.0. The second kappa shape index (κ2) is 10.1. The first-order chi connectivity index (χ1) is 14.8. The van der Waals surface area contributed by atoms with Gasteiger partial charge in [-0.3, -0.25) is 4.79 Å². The van der Waals surface area contributed by atoms with Crippen molar-refractivity contribution in [2.45, 2.75) is 39.2 Å². The normalized spacial score (nSPS) is 12.4. The largest absolute Gasteiger partial charge is 0.479 e. The molecule has 1 heterocycles. The van der Waals surface area contributed by atoms with Gasteiger partial charge < -0.3 is 9.84 Å². The Morgan fingerprint density at radius 1 is 1.35 bits per heavy atom. The molecule has 1 atom stereocenters. The number of carbonyl (C=O) groups is 1. The summed E-state index contributed by atoms with van der Waals surface area (Å²) in [6, 6.07) is 10.2. The first-order valence-electron chi connectivity index (χ1n) is 9.74. The topological polar surface area (TPSA) is 93.8 Å². The van der Waals surface area contributed by atoms with Crippen LogP contribution < -0.4 is 10.3 Å². The summed E-state index contributed by atoms with van der Waals surface area (Å²) in [5.41, 5.74) is 1.00. The Balaban J connectivity index is 1.98. The molecule has 31 heavy (non-hydrogen) atoms. The number of hydrogen-bond acceptors (Lipinski definition) is 5. The van der Waals surface area contributed by atoms with Gasteiger partial charge in [-0.1, -0.05) is 40.9 Å².